The van der Waals surface area contributed by atoms with Gasteiger partial charge in [0.05, 0.1) is 17.3 Å². The van der Waals surface area contributed by atoms with Gasteiger partial charge in [0.2, 0.25) is 0 Å². The number of ether oxygens (including phenoxy) is 1. The molecule has 0 aliphatic rings. The van der Waals surface area contributed by atoms with E-state index in [1.165, 1.54) is 5.69 Å². The molecule has 0 amide bonds. The fourth-order valence-corrected chi connectivity index (χ4v) is 2.78. The maximum atomic E-state index is 5.77. The fourth-order valence-electron chi connectivity index (χ4n) is 2.16. The van der Waals surface area contributed by atoms with E-state index < -0.39 is 0 Å². The number of thiazole rings is 1. The summed E-state index contributed by atoms with van der Waals surface area (Å²) in [6, 6.07) is 10.4. The first kappa shape index (κ1) is 15.0. The molecule has 2 rings (SSSR count). The molecule has 20 heavy (non-hydrogen) atoms. The van der Waals surface area contributed by atoms with Crippen LogP contribution in [0.2, 0.25) is 0 Å². The number of rotatable bonds is 8. The van der Waals surface area contributed by atoms with Gasteiger partial charge in [-0.05, 0) is 32.0 Å². The first-order chi connectivity index (χ1) is 9.78. The molecule has 2 aromatic rings. The van der Waals surface area contributed by atoms with Crippen molar-refractivity contribution in [1.82, 2.24) is 10.3 Å². The molecule has 1 heterocycles. The average Bonchev–Trinajstić information content (AvgIpc) is 2.85. The standard InChI is InChI=1S/C16H22N2OS/c1-3-17-14(11-15-12-20-13(2)18-15)9-10-19-16-7-5-4-6-8-16/h4-8,12,14,17H,3,9-11H2,1-2H3. The van der Waals surface area contributed by atoms with Crippen LogP contribution < -0.4 is 10.1 Å². The minimum Gasteiger partial charge on any atom is -0.494 e. The van der Waals surface area contributed by atoms with E-state index in [9.17, 15) is 0 Å². The molecule has 3 nitrogen and oxygen atoms in total. The van der Waals surface area contributed by atoms with E-state index in [-0.39, 0.29) is 0 Å². The average molecular weight is 290 g/mol. The van der Waals surface area contributed by atoms with Crippen molar-refractivity contribution >= 4 is 11.3 Å². The molecule has 0 spiro atoms. The van der Waals surface area contributed by atoms with Gasteiger partial charge in [0.1, 0.15) is 5.75 Å². The van der Waals surface area contributed by atoms with Crippen LogP contribution in [0.25, 0.3) is 0 Å². The number of hydrogen-bond donors (Lipinski definition) is 1. The summed E-state index contributed by atoms with van der Waals surface area (Å²) in [4.78, 5) is 4.54. The number of nitrogens with zero attached hydrogens (tertiary/aromatic N) is 1. The van der Waals surface area contributed by atoms with Crippen LogP contribution in [0.15, 0.2) is 35.7 Å². The monoisotopic (exact) mass is 290 g/mol. The van der Waals surface area contributed by atoms with Gasteiger partial charge < -0.3 is 10.1 Å². The third-order valence-corrected chi connectivity index (χ3v) is 3.92. The van der Waals surface area contributed by atoms with Gasteiger partial charge in [-0.25, -0.2) is 4.98 Å². The van der Waals surface area contributed by atoms with Crippen molar-refractivity contribution in [3.63, 3.8) is 0 Å². The summed E-state index contributed by atoms with van der Waals surface area (Å²) in [6.07, 6.45) is 1.95. The smallest absolute Gasteiger partial charge is 0.119 e. The molecule has 0 saturated heterocycles. The normalized spacial score (nSPS) is 12.3. The van der Waals surface area contributed by atoms with Crippen LogP contribution in [0.5, 0.6) is 5.75 Å². The number of nitrogens with one attached hydrogen (secondary N) is 1. The lowest BCUT2D eigenvalue weighted by Crippen LogP contribution is -2.32. The Morgan fingerprint density at radius 2 is 2.10 bits per heavy atom. The van der Waals surface area contributed by atoms with Crippen molar-refractivity contribution in [2.24, 2.45) is 0 Å². The Kier molecular flexibility index (Phi) is 6.02. The van der Waals surface area contributed by atoms with E-state index >= 15 is 0 Å². The van der Waals surface area contributed by atoms with Crippen molar-refractivity contribution in [2.75, 3.05) is 13.2 Å². The van der Waals surface area contributed by atoms with Crippen molar-refractivity contribution in [2.45, 2.75) is 32.7 Å². The number of para-hydroxylation sites is 1. The van der Waals surface area contributed by atoms with Gasteiger partial charge in [0, 0.05) is 17.8 Å². The predicted octanol–water partition coefficient (Wildman–Crippen LogP) is 3.44. The van der Waals surface area contributed by atoms with E-state index in [0.29, 0.717) is 6.04 Å². The molecule has 0 fully saturated rings. The summed E-state index contributed by atoms with van der Waals surface area (Å²) in [5.74, 6) is 0.937. The Hall–Kier alpha value is -1.39. The largest absolute Gasteiger partial charge is 0.494 e. The lowest BCUT2D eigenvalue weighted by Gasteiger charge is -2.17. The Balaban J connectivity index is 1.80. The van der Waals surface area contributed by atoms with E-state index in [1.807, 2.05) is 30.3 Å². The van der Waals surface area contributed by atoms with E-state index in [0.717, 1.165) is 36.8 Å². The predicted molar refractivity (Wildman–Crippen MR) is 84.6 cm³/mol. The van der Waals surface area contributed by atoms with Crippen molar-refractivity contribution in [1.29, 1.82) is 0 Å². The van der Waals surface area contributed by atoms with Crippen molar-refractivity contribution < 1.29 is 4.74 Å². The molecule has 0 radical (unpaired) electrons. The number of hydrogen-bond acceptors (Lipinski definition) is 4. The molecule has 108 valence electrons. The number of aromatic nitrogens is 1. The summed E-state index contributed by atoms with van der Waals surface area (Å²) in [7, 11) is 0. The van der Waals surface area contributed by atoms with Crippen LogP contribution in [0.4, 0.5) is 0 Å². The van der Waals surface area contributed by atoms with Crippen molar-refractivity contribution in [3.05, 3.63) is 46.4 Å². The topological polar surface area (TPSA) is 34.1 Å². The SMILES string of the molecule is CCNC(CCOc1ccccc1)Cc1csc(C)n1. The molecular formula is C16H22N2OS. The summed E-state index contributed by atoms with van der Waals surface area (Å²) < 4.78 is 5.77. The zero-order valence-electron chi connectivity index (χ0n) is 12.1. The first-order valence-electron chi connectivity index (χ1n) is 7.10. The molecule has 0 aliphatic heterocycles. The zero-order chi connectivity index (χ0) is 14.2. The highest BCUT2D eigenvalue weighted by atomic mass is 32.1. The second kappa shape index (κ2) is 8.02. The lowest BCUT2D eigenvalue weighted by atomic mass is 10.1. The van der Waals surface area contributed by atoms with Gasteiger partial charge in [-0.3, -0.25) is 0 Å². The molecule has 0 saturated carbocycles. The molecule has 0 bridgehead atoms. The van der Waals surface area contributed by atoms with Gasteiger partial charge in [-0.1, -0.05) is 25.1 Å². The van der Waals surface area contributed by atoms with Crippen LogP contribution in [0.3, 0.4) is 0 Å². The van der Waals surface area contributed by atoms with Crippen LogP contribution in [-0.2, 0) is 6.42 Å². The number of benzene rings is 1. The molecule has 1 atom stereocenters. The number of aryl methyl sites for hydroxylation is 1. The summed E-state index contributed by atoms with van der Waals surface area (Å²) in [6.45, 7) is 5.89. The van der Waals surface area contributed by atoms with E-state index in [1.54, 1.807) is 11.3 Å². The summed E-state index contributed by atoms with van der Waals surface area (Å²) in [5, 5.41) is 6.80. The second-order valence-corrected chi connectivity index (χ2v) is 5.83. The molecule has 4 heteroatoms. The first-order valence-corrected chi connectivity index (χ1v) is 7.98. The molecule has 0 aliphatic carbocycles. The van der Waals surface area contributed by atoms with Crippen LogP contribution >= 0.6 is 11.3 Å². The van der Waals surface area contributed by atoms with Gasteiger partial charge in [0.15, 0.2) is 0 Å². The highest BCUT2D eigenvalue weighted by Gasteiger charge is 2.10. The summed E-state index contributed by atoms with van der Waals surface area (Å²) in [5.41, 5.74) is 1.18. The molecule has 1 unspecified atom stereocenters. The maximum Gasteiger partial charge on any atom is 0.119 e. The highest BCUT2D eigenvalue weighted by molar-refractivity contribution is 7.09. The lowest BCUT2D eigenvalue weighted by molar-refractivity contribution is 0.285. The Morgan fingerprint density at radius 1 is 1.30 bits per heavy atom. The maximum absolute atomic E-state index is 5.77. The Morgan fingerprint density at radius 3 is 2.75 bits per heavy atom. The minimum absolute atomic E-state index is 0.421. The third kappa shape index (κ3) is 4.94. The molecular weight excluding hydrogens is 268 g/mol. The van der Waals surface area contributed by atoms with E-state index in [2.05, 4.69) is 29.5 Å². The third-order valence-electron chi connectivity index (χ3n) is 3.09. The van der Waals surface area contributed by atoms with E-state index in [4.69, 9.17) is 4.74 Å². The van der Waals surface area contributed by atoms with Gasteiger partial charge in [-0.15, -0.1) is 11.3 Å². The molecule has 1 aromatic carbocycles. The highest BCUT2D eigenvalue weighted by Crippen LogP contribution is 2.13. The Labute approximate surface area is 125 Å². The van der Waals surface area contributed by atoms with Crippen LogP contribution in [-0.4, -0.2) is 24.2 Å². The zero-order valence-corrected chi connectivity index (χ0v) is 13.0. The van der Waals surface area contributed by atoms with Gasteiger partial charge in [-0.2, -0.15) is 0 Å². The molecule has 1 N–H and O–H groups in total. The summed E-state index contributed by atoms with van der Waals surface area (Å²) >= 11 is 1.72. The second-order valence-electron chi connectivity index (χ2n) is 4.77. The quantitative estimate of drug-likeness (QED) is 0.808. The Bertz CT molecular complexity index is 498. The number of likely N-dealkylation sites (N-methyl/N-ethyl adjacent to an activating group) is 1. The minimum atomic E-state index is 0.421. The molecule has 1 aromatic heterocycles. The fraction of sp³-hybridized carbons (Fsp3) is 0.438. The van der Waals surface area contributed by atoms with Crippen LogP contribution in [0, 0.1) is 6.92 Å². The van der Waals surface area contributed by atoms with Crippen molar-refractivity contribution in [3.8, 4) is 5.75 Å². The van der Waals surface area contributed by atoms with Crippen LogP contribution in [0.1, 0.15) is 24.0 Å². The van der Waals surface area contributed by atoms with Gasteiger partial charge >= 0.3 is 0 Å². The van der Waals surface area contributed by atoms with Gasteiger partial charge in [0.25, 0.3) is 0 Å².